The van der Waals surface area contributed by atoms with Crippen molar-refractivity contribution in [2.75, 3.05) is 19.6 Å². The van der Waals surface area contributed by atoms with Gasteiger partial charge in [-0.15, -0.1) is 0 Å². The summed E-state index contributed by atoms with van der Waals surface area (Å²) < 4.78 is 0. The van der Waals surface area contributed by atoms with Gasteiger partial charge in [0.2, 0.25) is 5.91 Å². The van der Waals surface area contributed by atoms with Crippen molar-refractivity contribution in [3.63, 3.8) is 0 Å². The van der Waals surface area contributed by atoms with Gasteiger partial charge in [-0.25, -0.2) is 0 Å². The summed E-state index contributed by atoms with van der Waals surface area (Å²) >= 11 is 0. The van der Waals surface area contributed by atoms with Gasteiger partial charge in [0.05, 0.1) is 24.4 Å². The average molecular weight is 216 g/mol. The molecular weight excluding hydrogens is 200 g/mol. The van der Waals surface area contributed by atoms with Gasteiger partial charge in [0.15, 0.2) is 0 Å². The summed E-state index contributed by atoms with van der Waals surface area (Å²) in [6.07, 6.45) is -1.77. The number of aliphatic hydroxyl groups excluding tert-OH is 3. The van der Waals surface area contributed by atoms with E-state index in [0.717, 1.165) is 0 Å². The monoisotopic (exact) mass is 216 g/mol. The first-order chi connectivity index (χ1) is 7.08. The zero-order valence-electron chi connectivity index (χ0n) is 8.33. The molecule has 15 heavy (non-hydrogen) atoms. The Bertz CT molecular complexity index is 250. The van der Waals surface area contributed by atoms with Crippen LogP contribution in [-0.4, -0.2) is 70.1 Å². The number of amides is 1. The Hall–Kier alpha value is -0.690. The molecule has 0 saturated carbocycles. The highest BCUT2D eigenvalue weighted by atomic mass is 16.3. The Morgan fingerprint density at radius 2 is 1.80 bits per heavy atom. The van der Waals surface area contributed by atoms with Crippen molar-refractivity contribution in [1.82, 2.24) is 10.2 Å². The smallest absolute Gasteiger partial charge is 0.239 e. The maximum absolute atomic E-state index is 11.8. The fourth-order valence-electron chi connectivity index (χ4n) is 2.07. The Labute approximate surface area is 87.5 Å². The molecule has 2 aliphatic rings. The predicted octanol–water partition coefficient (Wildman–Crippen LogP) is -2.73. The van der Waals surface area contributed by atoms with E-state index in [1.54, 1.807) is 0 Å². The van der Waals surface area contributed by atoms with Crippen LogP contribution in [0.4, 0.5) is 0 Å². The zero-order chi connectivity index (χ0) is 11.0. The second-order valence-electron chi connectivity index (χ2n) is 4.23. The molecule has 2 fully saturated rings. The van der Waals surface area contributed by atoms with Gasteiger partial charge in [-0.3, -0.25) is 4.79 Å². The molecule has 0 aromatic carbocycles. The van der Waals surface area contributed by atoms with Crippen molar-refractivity contribution in [3.8, 4) is 0 Å². The van der Waals surface area contributed by atoms with Crippen LogP contribution >= 0.6 is 0 Å². The SMILES string of the molecule is O=C(C1CC(O)CN1)N1C[C@@H](O)[C@@H](O)C1. The van der Waals surface area contributed by atoms with Crippen LogP contribution in [0.3, 0.4) is 0 Å². The van der Waals surface area contributed by atoms with Gasteiger partial charge >= 0.3 is 0 Å². The predicted molar refractivity (Wildman–Crippen MR) is 51.0 cm³/mol. The van der Waals surface area contributed by atoms with E-state index in [9.17, 15) is 20.1 Å². The number of aliphatic hydroxyl groups is 3. The summed E-state index contributed by atoms with van der Waals surface area (Å²) in [5.41, 5.74) is 0. The van der Waals surface area contributed by atoms with Crippen molar-refractivity contribution < 1.29 is 20.1 Å². The highest BCUT2D eigenvalue weighted by molar-refractivity contribution is 5.82. The molecule has 2 rings (SSSR count). The molecule has 86 valence electrons. The first-order valence-corrected chi connectivity index (χ1v) is 5.14. The molecule has 0 bridgehead atoms. The molecule has 2 unspecified atom stereocenters. The van der Waals surface area contributed by atoms with Crippen LogP contribution in [0.2, 0.25) is 0 Å². The molecule has 1 amide bonds. The molecule has 4 N–H and O–H groups in total. The normalized spacial score (nSPS) is 41.1. The van der Waals surface area contributed by atoms with Crippen LogP contribution in [0, 0.1) is 0 Å². The van der Waals surface area contributed by atoms with Gasteiger partial charge in [0, 0.05) is 19.6 Å². The molecule has 0 aromatic heterocycles. The summed E-state index contributed by atoms with van der Waals surface area (Å²) in [4.78, 5) is 13.2. The van der Waals surface area contributed by atoms with E-state index in [4.69, 9.17) is 0 Å². The van der Waals surface area contributed by atoms with Crippen LogP contribution in [0.1, 0.15) is 6.42 Å². The third kappa shape index (κ3) is 2.12. The number of likely N-dealkylation sites (tertiary alicyclic amines) is 1. The van der Waals surface area contributed by atoms with E-state index in [1.165, 1.54) is 4.90 Å². The van der Waals surface area contributed by atoms with Crippen molar-refractivity contribution in [1.29, 1.82) is 0 Å². The Kier molecular flexibility index (Phi) is 2.92. The summed E-state index contributed by atoms with van der Waals surface area (Å²) in [5, 5.41) is 30.8. The van der Waals surface area contributed by atoms with E-state index in [0.29, 0.717) is 13.0 Å². The number of rotatable bonds is 1. The maximum atomic E-state index is 11.8. The summed E-state index contributed by atoms with van der Waals surface area (Å²) in [6.45, 7) is 0.776. The number of carbonyl (C=O) groups is 1. The third-order valence-electron chi connectivity index (χ3n) is 2.98. The third-order valence-corrected chi connectivity index (χ3v) is 2.98. The molecule has 6 heteroatoms. The van der Waals surface area contributed by atoms with Crippen LogP contribution in [0.15, 0.2) is 0 Å². The number of β-amino-alcohol motifs (C(OH)–C–C–N with tert-alkyl or cyclic N) is 3. The quantitative estimate of drug-likeness (QED) is 0.382. The maximum Gasteiger partial charge on any atom is 0.239 e. The van der Waals surface area contributed by atoms with Crippen LogP contribution in [0.5, 0.6) is 0 Å². The topological polar surface area (TPSA) is 93.0 Å². The second kappa shape index (κ2) is 4.05. The van der Waals surface area contributed by atoms with Gasteiger partial charge in [-0.2, -0.15) is 0 Å². The molecule has 0 aliphatic carbocycles. The van der Waals surface area contributed by atoms with E-state index < -0.39 is 18.3 Å². The lowest BCUT2D eigenvalue weighted by molar-refractivity contribution is -0.132. The van der Waals surface area contributed by atoms with Gasteiger partial charge in [-0.1, -0.05) is 0 Å². The Balaban J connectivity index is 1.92. The fraction of sp³-hybridized carbons (Fsp3) is 0.889. The van der Waals surface area contributed by atoms with Gasteiger partial charge in [0.1, 0.15) is 0 Å². The standard InChI is InChI=1S/C9H16N2O4/c12-5-1-6(10-2-5)9(15)11-3-7(13)8(14)4-11/h5-8,10,12-14H,1-4H2/t5?,6?,7-,8+. The molecule has 2 saturated heterocycles. The lowest BCUT2D eigenvalue weighted by Gasteiger charge is -2.19. The van der Waals surface area contributed by atoms with E-state index in [-0.39, 0.29) is 25.0 Å². The van der Waals surface area contributed by atoms with Crippen molar-refractivity contribution in [2.45, 2.75) is 30.8 Å². The van der Waals surface area contributed by atoms with Crippen molar-refractivity contribution >= 4 is 5.91 Å². The largest absolute Gasteiger partial charge is 0.392 e. The lowest BCUT2D eigenvalue weighted by atomic mass is 10.2. The average Bonchev–Trinajstić information content (AvgIpc) is 2.74. The van der Waals surface area contributed by atoms with Gasteiger partial charge in [0.25, 0.3) is 0 Å². The summed E-state index contributed by atoms with van der Waals surface area (Å²) in [5.74, 6) is -0.151. The van der Waals surface area contributed by atoms with Crippen LogP contribution < -0.4 is 5.32 Å². The van der Waals surface area contributed by atoms with E-state index >= 15 is 0 Å². The fourth-order valence-corrected chi connectivity index (χ4v) is 2.07. The Morgan fingerprint density at radius 1 is 1.20 bits per heavy atom. The van der Waals surface area contributed by atoms with E-state index in [2.05, 4.69) is 5.32 Å². The number of nitrogens with one attached hydrogen (secondary N) is 1. The zero-order valence-corrected chi connectivity index (χ0v) is 8.33. The number of carbonyl (C=O) groups excluding carboxylic acids is 1. The molecule has 2 aliphatic heterocycles. The number of hydrogen-bond acceptors (Lipinski definition) is 5. The minimum atomic E-state index is -0.847. The highest BCUT2D eigenvalue weighted by Gasteiger charge is 2.37. The highest BCUT2D eigenvalue weighted by Crippen LogP contribution is 2.15. The lowest BCUT2D eigenvalue weighted by Crippen LogP contribution is -2.43. The second-order valence-corrected chi connectivity index (χ2v) is 4.23. The van der Waals surface area contributed by atoms with Crippen molar-refractivity contribution in [3.05, 3.63) is 0 Å². The molecule has 0 radical (unpaired) electrons. The minimum Gasteiger partial charge on any atom is -0.392 e. The first kappa shape index (κ1) is 10.8. The Morgan fingerprint density at radius 3 is 2.27 bits per heavy atom. The van der Waals surface area contributed by atoms with Crippen LogP contribution in [0.25, 0.3) is 0 Å². The molecule has 4 atom stereocenters. The van der Waals surface area contributed by atoms with Crippen molar-refractivity contribution in [2.24, 2.45) is 0 Å². The number of hydrogen-bond donors (Lipinski definition) is 4. The molecule has 6 nitrogen and oxygen atoms in total. The first-order valence-electron chi connectivity index (χ1n) is 5.14. The molecule has 0 aromatic rings. The summed E-state index contributed by atoms with van der Waals surface area (Å²) in [6, 6.07) is -0.377. The molecule has 0 spiro atoms. The van der Waals surface area contributed by atoms with Crippen LogP contribution in [-0.2, 0) is 4.79 Å². The molecule has 2 heterocycles. The number of nitrogens with zero attached hydrogens (tertiary/aromatic N) is 1. The summed E-state index contributed by atoms with van der Waals surface area (Å²) in [7, 11) is 0. The van der Waals surface area contributed by atoms with Gasteiger partial charge < -0.3 is 25.5 Å². The minimum absolute atomic E-state index is 0.151. The molecular formula is C9H16N2O4. The van der Waals surface area contributed by atoms with Gasteiger partial charge in [-0.05, 0) is 6.42 Å². The van der Waals surface area contributed by atoms with E-state index in [1.807, 2.05) is 0 Å².